The standard InChI is InChI=1S/C18H26FNO4/c1-14-10-16(2-3-17(14)19)24-13-18(21)11-20(6-9-23-12-18)15-4-7-22-8-5-15/h2-3,10,15,21H,4-9,11-13H2,1H3. The molecule has 24 heavy (non-hydrogen) atoms. The van der Waals surface area contributed by atoms with Crippen molar-refractivity contribution in [2.75, 3.05) is 46.1 Å². The topological polar surface area (TPSA) is 51.2 Å². The van der Waals surface area contributed by atoms with Gasteiger partial charge < -0.3 is 19.3 Å². The third-order valence-electron chi connectivity index (χ3n) is 4.74. The quantitative estimate of drug-likeness (QED) is 0.906. The monoisotopic (exact) mass is 339 g/mol. The van der Waals surface area contributed by atoms with Crippen LogP contribution in [-0.4, -0.2) is 67.8 Å². The van der Waals surface area contributed by atoms with Gasteiger partial charge in [0.1, 0.15) is 23.8 Å². The van der Waals surface area contributed by atoms with E-state index in [2.05, 4.69) is 4.90 Å². The van der Waals surface area contributed by atoms with Crippen LogP contribution >= 0.6 is 0 Å². The van der Waals surface area contributed by atoms with Crippen molar-refractivity contribution < 1.29 is 23.7 Å². The van der Waals surface area contributed by atoms with Gasteiger partial charge in [-0.2, -0.15) is 0 Å². The van der Waals surface area contributed by atoms with Crippen LogP contribution in [0.5, 0.6) is 5.75 Å². The first kappa shape index (κ1) is 17.6. The first-order valence-electron chi connectivity index (χ1n) is 8.57. The number of hydrogen-bond acceptors (Lipinski definition) is 5. The smallest absolute Gasteiger partial charge is 0.134 e. The minimum Gasteiger partial charge on any atom is -0.490 e. The van der Waals surface area contributed by atoms with E-state index in [9.17, 15) is 9.50 Å². The molecule has 2 aliphatic rings. The molecule has 1 N–H and O–H groups in total. The molecule has 0 amide bonds. The molecule has 2 saturated heterocycles. The molecule has 134 valence electrons. The molecule has 1 aromatic rings. The van der Waals surface area contributed by atoms with E-state index < -0.39 is 5.60 Å². The summed E-state index contributed by atoms with van der Waals surface area (Å²) in [5, 5.41) is 10.9. The molecule has 2 fully saturated rings. The Labute approximate surface area is 142 Å². The van der Waals surface area contributed by atoms with E-state index in [4.69, 9.17) is 14.2 Å². The van der Waals surface area contributed by atoms with E-state index in [1.54, 1.807) is 19.1 Å². The Morgan fingerprint density at radius 2 is 2.08 bits per heavy atom. The van der Waals surface area contributed by atoms with Crippen molar-refractivity contribution in [3.8, 4) is 5.75 Å². The van der Waals surface area contributed by atoms with Crippen molar-refractivity contribution in [1.29, 1.82) is 0 Å². The predicted octanol–water partition coefficient (Wildman–Crippen LogP) is 1.76. The highest BCUT2D eigenvalue weighted by Crippen LogP contribution is 2.22. The Morgan fingerprint density at radius 3 is 2.83 bits per heavy atom. The zero-order chi connectivity index (χ0) is 17.0. The molecule has 1 unspecified atom stereocenters. The average Bonchev–Trinajstić information content (AvgIpc) is 2.79. The number of aliphatic hydroxyl groups is 1. The van der Waals surface area contributed by atoms with Crippen LogP contribution in [0.15, 0.2) is 18.2 Å². The Balaban J connectivity index is 1.62. The second-order valence-corrected chi connectivity index (χ2v) is 6.79. The molecular weight excluding hydrogens is 313 g/mol. The third-order valence-corrected chi connectivity index (χ3v) is 4.74. The predicted molar refractivity (Wildman–Crippen MR) is 87.8 cm³/mol. The summed E-state index contributed by atoms with van der Waals surface area (Å²) in [5.74, 6) is 0.300. The number of aryl methyl sites for hydroxylation is 1. The van der Waals surface area contributed by atoms with Crippen molar-refractivity contribution in [2.45, 2.75) is 31.4 Å². The van der Waals surface area contributed by atoms with Crippen molar-refractivity contribution in [3.05, 3.63) is 29.6 Å². The first-order chi connectivity index (χ1) is 11.6. The van der Waals surface area contributed by atoms with Gasteiger partial charge in [0.25, 0.3) is 0 Å². The normalized spacial score (nSPS) is 27.0. The summed E-state index contributed by atoms with van der Waals surface area (Å²) in [4.78, 5) is 2.29. The number of rotatable bonds is 4. The van der Waals surface area contributed by atoms with Gasteiger partial charge in [-0.3, -0.25) is 4.90 Å². The van der Waals surface area contributed by atoms with Gasteiger partial charge in [-0.1, -0.05) is 0 Å². The molecule has 0 bridgehead atoms. The van der Waals surface area contributed by atoms with Crippen LogP contribution < -0.4 is 4.74 Å². The average molecular weight is 339 g/mol. The van der Waals surface area contributed by atoms with Gasteiger partial charge in [0.05, 0.1) is 13.2 Å². The second kappa shape index (κ2) is 7.78. The fourth-order valence-electron chi connectivity index (χ4n) is 3.32. The van der Waals surface area contributed by atoms with Crippen LogP contribution in [0.2, 0.25) is 0 Å². The van der Waals surface area contributed by atoms with Gasteiger partial charge >= 0.3 is 0 Å². The molecule has 5 nitrogen and oxygen atoms in total. The highest BCUT2D eigenvalue weighted by atomic mass is 19.1. The van der Waals surface area contributed by atoms with Gasteiger partial charge in [-0.05, 0) is 43.5 Å². The number of halogens is 1. The number of benzene rings is 1. The van der Waals surface area contributed by atoms with Crippen LogP contribution in [0.4, 0.5) is 4.39 Å². The largest absolute Gasteiger partial charge is 0.490 e. The molecule has 3 rings (SSSR count). The minimum absolute atomic E-state index is 0.123. The molecule has 2 aliphatic heterocycles. The summed E-state index contributed by atoms with van der Waals surface area (Å²) >= 11 is 0. The summed E-state index contributed by atoms with van der Waals surface area (Å²) in [5.41, 5.74) is -0.544. The van der Waals surface area contributed by atoms with Crippen LogP contribution in [0, 0.1) is 12.7 Å². The van der Waals surface area contributed by atoms with Crippen molar-refractivity contribution in [2.24, 2.45) is 0 Å². The lowest BCUT2D eigenvalue weighted by atomic mass is 10.0. The third kappa shape index (κ3) is 4.45. The summed E-state index contributed by atoms with van der Waals surface area (Å²) in [6.07, 6.45) is 1.96. The van der Waals surface area contributed by atoms with E-state index in [0.717, 1.165) is 32.6 Å². The van der Waals surface area contributed by atoms with E-state index >= 15 is 0 Å². The molecular formula is C18H26FNO4. The van der Waals surface area contributed by atoms with Gasteiger partial charge in [0.2, 0.25) is 0 Å². The van der Waals surface area contributed by atoms with Crippen LogP contribution in [0.3, 0.4) is 0 Å². The summed E-state index contributed by atoms with van der Waals surface area (Å²) in [7, 11) is 0. The molecule has 6 heteroatoms. The fourth-order valence-corrected chi connectivity index (χ4v) is 3.32. The maximum atomic E-state index is 13.3. The lowest BCUT2D eigenvalue weighted by molar-refractivity contribution is -0.0714. The van der Waals surface area contributed by atoms with Crippen LogP contribution in [0.25, 0.3) is 0 Å². The number of hydrogen-bond donors (Lipinski definition) is 1. The van der Waals surface area contributed by atoms with Crippen molar-refractivity contribution in [3.63, 3.8) is 0 Å². The van der Waals surface area contributed by atoms with E-state index in [-0.39, 0.29) is 19.0 Å². The molecule has 0 aliphatic carbocycles. The maximum absolute atomic E-state index is 13.3. The maximum Gasteiger partial charge on any atom is 0.134 e. The SMILES string of the molecule is Cc1cc(OCC2(O)COCCN(C3CCOCC3)C2)ccc1F. The molecule has 0 radical (unpaired) electrons. The molecule has 1 aromatic carbocycles. The van der Waals surface area contributed by atoms with Gasteiger partial charge in [-0.25, -0.2) is 4.39 Å². The zero-order valence-corrected chi connectivity index (χ0v) is 14.2. The minimum atomic E-state index is -1.07. The van der Waals surface area contributed by atoms with Crippen molar-refractivity contribution in [1.82, 2.24) is 4.90 Å². The van der Waals surface area contributed by atoms with Crippen LogP contribution in [0.1, 0.15) is 18.4 Å². The molecule has 2 heterocycles. The van der Waals surface area contributed by atoms with E-state index in [1.807, 2.05) is 0 Å². The van der Waals surface area contributed by atoms with Gasteiger partial charge in [0.15, 0.2) is 0 Å². The molecule has 1 atom stereocenters. The Kier molecular flexibility index (Phi) is 5.71. The Morgan fingerprint density at radius 1 is 1.29 bits per heavy atom. The Hall–Kier alpha value is -1.21. The van der Waals surface area contributed by atoms with E-state index in [0.29, 0.717) is 30.5 Å². The van der Waals surface area contributed by atoms with Gasteiger partial charge in [-0.15, -0.1) is 0 Å². The molecule has 0 saturated carbocycles. The summed E-state index contributed by atoms with van der Waals surface area (Å²) in [6, 6.07) is 5.03. The Bertz CT molecular complexity index is 550. The highest BCUT2D eigenvalue weighted by Gasteiger charge is 2.36. The summed E-state index contributed by atoms with van der Waals surface area (Å²) < 4.78 is 30.1. The summed E-state index contributed by atoms with van der Waals surface area (Å²) in [6.45, 7) is 5.52. The lowest BCUT2D eigenvalue weighted by Crippen LogP contribution is -2.52. The lowest BCUT2D eigenvalue weighted by Gasteiger charge is -2.37. The zero-order valence-electron chi connectivity index (χ0n) is 14.2. The molecule has 0 spiro atoms. The first-order valence-corrected chi connectivity index (χ1v) is 8.57. The van der Waals surface area contributed by atoms with Crippen LogP contribution in [-0.2, 0) is 9.47 Å². The fraction of sp³-hybridized carbons (Fsp3) is 0.667. The highest BCUT2D eigenvalue weighted by molar-refractivity contribution is 5.28. The van der Waals surface area contributed by atoms with Crippen molar-refractivity contribution >= 4 is 0 Å². The molecule has 0 aromatic heterocycles. The van der Waals surface area contributed by atoms with E-state index in [1.165, 1.54) is 6.07 Å². The second-order valence-electron chi connectivity index (χ2n) is 6.79. The number of nitrogens with zero attached hydrogens (tertiary/aromatic N) is 1. The number of β-amino-alcohol motifs (C(OH)–C–C–N with tert-alkyl or cyclic N) is 1. The number of ether oxygens (including phenoxy) is 3. The van der Waals surface area contributed by atoms with Gasteiger partial charge in [0, 0.05) is 32.3 Å².